The lowest BCUT2D eigenvalue weighted by atomic mass is 10.1. The van der Waals surface area contributed by atoms with Crippen molar-refractivity contribution in [2.45, 2.75) is 32.2 Å². The summed E-state index contributed by atoms with van der Waals surface area (Å²) >= 11 is 0. The van der Waals surface area contributed by atoms with Crippen LogP contribution in [0.4, 0.5) is 0 Å². The summed E-state index contributed by atoms with van der Waals surface area (Å²) in [6, 6.07) is 3.76. The number of hydrogen-bond acceptors (Lipinski definition) is 3. The van der Waals surface area contributed by atoms with Crippen LogP contribution in [0.3, 0.4) is 0 Å². The van der Waals surface area contributed by atoms with Crippen molar-refractivity contribution < 1.29 is 9.53 Å². The molecular weight excluding hydrogens is 216 g/mol. The summed E-state index contributed by atoms with van der Waals surface area (Å²) < 4.78 is 5.14. The van der Waals surface area contributed by atoms with Gasteiger partial charge in [-0.25, -0.2) is 4.98 Å². The Morgan fingerprint density at radius 1 is 1.53 bits per heavy atom. The van der Waals surface area contributed by atoms with Crippen LogP contribution in [0.15, 0.2) is 18.3 Å². The molecule has 1 saturated carbocycles. The van der Waals surface area contributed by atoms with Gasteiger partial charge in [0.2, 0.25) is 11.8 Å². The smallest absolute Gasteiger partial charge is 0.223 e. The molecule has 0 spiro atoms. The van der Waals surface area contributed by atoms with Gasteiger partial charge in [-0.1, -0.05) is 18.9 Å². The second-order valence-corrected chi connectivity index (χ2v) is 4.37. The maximum absolute atomic E-state index is 11.8. The molecule has 1 N–H and O–H groups in total. The number of hydrogen-bond donors (Lipinski definition) is 1. The van der Waals surface area contributed by atoms with Gasteiger partial charge in [-0.05, 0) is 18.9 Å². The predicted molar refractivity (Wildman–Crippen MR) is 64.6 cm³/mol. The third-order valence-corrected chi connectivity index (χ3v) is 3.22. The zero-order valence-electron chi connectivity index (χ0n) is 10.1. The molecule has 17 heavy (non-hydrogen) atoms. The van der Waals surface area contributed by atoms with Crippen molar-refractivity contribution in [3.05, 3.63) is 23.9 Å². The van der Waals surface area contributed by atoms with Gasteiger partial charge in [0.25, 0.3) is 0 Å². The van der Waals surface area contributed by atoms with Gasteiger partial charge in [0, 0.05) is 24.2 Å². The van der Waals surface area contributed by atoms with E-state index >= 15 is 0 Å². The molecule has 0 aliphatic heterocycles. The molecule has 0 unspecified atom stereocenters. The molecule has 0 radical (unpaired) electrons. The van der Waals surface area contributed by atoms with Crippen molar-refractivity contribution in [3.8, 4) is 5.88 Å². The van der Waals surface area contributed by atoms with E-state index in [2.05, 4.69) is 10.3 Å². The maximum Gasteiger partial charge on any atom is 0.223 e. The molecule has 0 atom stereocenters. The molecular formula is C13H18N2O2. The average molecular weight is 234 g/mol. The normalized spacial score (nSPS) is 15.8. The van der Waals surface area contributed by atoms with Crippen LogP contribution >= 0.6 is 0 Å². The number of methoxy groups -OCH3 is 1. The van der Waals surface area contributed by atoms with Crippen molar-refractivity contribution >= 4 is 5.91 Å². The SMILES string of the molecule is COc1ncccc1CNC(=O)C1CCCC1. The second-order valence-electron chi connectivity index (χ2n) is 4.37. The lowest BCUT2D eigenvalue weighted by Gasteiger charge is -2.11. The molecule has 92 valence electrons. The first kappa shape index (κ1) is 11.9. The highest BCUT2D eigenvalue weighted by Gasteiger charge is 2.22. The number of amides is 1. The van der Waals surface area contributed by atoms with Crippen LogP contribution in [0.2, 0.25) is 0 Å². The van der Waals surface area contributed by atoms with Gasteiger partial charge >= 0.3 is 0 Å². The maximum atomic E-state index is 11.8. The number of aromatic nitrogens is 1. The van der Waals surface area contributed by atoms with Crippen LogP contribution in [0, 0.1) is 5.92 Å². The van der Waals surface area contributed by atoms with Gasteiger partial charge < -0.3 is 10.1 Å². The van der Waals surface area contributed by atoms with E-state index in [1.807, 2.05) is 12.1 Å². The third kappa shape index (κ3) is 2.96. The number of nitrogens with one attached hydrogen (secondary N) is 1. The van der Waals surface area contributed by atoms with E-state index in [1.165, 1.54) is 12.8 Å². The van der Waals surface area contributed by atoms with Gasteiger partial charge in [0.1, 0.15) is 0 Å². The third-order valence-electron chi connectivity index (χ3n) is 3.22. The monoisotopic (exact) mass is 234 g/mol. The summed E-state index contributed by atoms with van der Waals surface area (Å²) in [5.74, 6) is 0.949. The lowest BCUT2D eigenvalue weighted by molar-refractivity contribution is -0.124. The Balaban J connectivity index is 1.90. The Morgan fingerprint density at radius 2 is 2.29 bits per heavy atom. The molecule has 0 aromatic carbocycles. The minimum absolute atomic E-state index is 0.161. The molecule has 1 amide bonds. The number of ether oxygens (including phenoxy) is 1. The van der Waals surface area contributed by atoms with E-state index in [0.29, 0.717) is 12.4 Å². The van der Waals surface area contributed by atoms with Gasteiger partial charge in [0.05, 0.1) is 7.11 Å². The summed E-state index contributed by atoms with van der Waals surface area (Å²) in [4.78, 5) is 15.9. The van der Waals surface area contributed by atoms with Crippen LogP contribution in [0.5, 0.6) is 5.88 Å². The zero-order valence-corrected chi connectivity index (χ0v) is 10.1. The average Bonchev–Trinajstić information content (AvgIpc) is 2.90. The minimum Gasteiger partial charge on any atom is -0.481 e. The van der Waals surface area contributed by atoms with Crippen molar-refractivity contribution in [3.63, 3.8) is 0 Å². The van der Waals surface area contributed by atoms with Crippen LogP contribution in [0.1, 0.15) is 31.2 Å². The van der Waals surface area contributed by atoms with Gasteiger partial charge in [0.15, 0.2) is 0 Å². The molecule has 0 bridgehead atoms. The summed E-state index contributed by atoms with van der Waals surface area (Å²) in [6.07, 6.45) is 6.08. The second kappa shape index (κ2) is 5.66. The Bertz CT molecular complexity index is 387. The van der Waals surface area contributed by atoms with E-state index in [4.69, 9.17) is 4.74 Å². The first-order chi connectivity index (χ1) is 8.31. The molecule has 1 heterocycles. The summed E-state index contributed by atoms with van der Waals surface area (Å²) in [7, 11) is 1.59. The molecule has 1 fully saturated rings. The Hall–Kier alpha value is -1.58. The molecule has 1 aliphatic rings. The van der Waals surface area contributed by atoms with Crippen molar-refractivity contribution in [2.75, 3.05) is 7.11 Å². The van der Waals surface area contributed by atoms with Crippen molar-refractivity contribution in [2.24, 2.45) is 5.92 Å². The molecule has 1 aromatic rings. The first-order valence-corrected chi connectivity index (χ1v) is 6.07. The van der Waals surface area contributed by atoms with Gasteiger partial charge in [-0.2, -0.15) is 0 Å². The lowest BCUT2D eigenvalue weighted by Crippen LogP contribution is -2.28. The summed E-state index contributed by atoms with van der Waals surface area (Å²) in [5.41, 5.74) is 0.918. The van der Waals surface area contributed by atoms with E-state index in [-0.39, 0.29) is 11.8 Å². The topological polar surface area (TPSA) is 51.2 Å². The van der Waals surface area contributed by atoms with Crippen LogP contribution in [0.25, 0.3) is 0 Å². The molecule has 4 heteroatoms. The van der Waals surface area contributed by atoms with E-state index < -0.39 is 0 Å². The van der Waals surface area contributed by atoms with Gasteiger partial charge in [-0.15, -0.1) is 0 Å². The highest BCUT2D eigenvalue weighted by atomic mass is 16.5. The zero-order chi connectivity index (χ0) is 12.1. The van der Waals surface area contributed by atoms with E-state index in [1.54, 1.807) is 13.3 Å². The number of pyridine rings is 1. The Morgan fingerprint density at radius 3 is 3.00 bits per heavy atom. The predicted octanol–water partition coefficient (Wildman–Crippen LogP) is 1.90. The first-order valence-electron chi connectivity index (χ1n) is 6.07. The largest absolute Gasteiger partial charge is 0.481 e. The summed E-state index contributed by atoms with van der Waals surface area (Å²) in [6.45, 7) is 0.492. The van der Waals surface area contributed by atoms with Gasteiger partial charge in [-0.3, -0.25) is 4.79 Å². The number of rotatable bonds is 4. The fraction of sp³-hybridized carbons (Fsp3) is 0.538. The standard InChI is InChI=1S/C13H18N2O2/c1-17-13-11(7-4-8-14-13)9-15-12(16)10-5-2-3-6-10/h4,7-8,10H,2-3,5-6,9H2,1H3,(H,15,16). The number of carbonyl (C=O) groups is 1. The molecule has 4 nitrogen and oxygen atoms in total. The highest BCUT2D eigenvalue weighted by Crippen LogP contribution is 2.24. The molecule has 2 rings (SSSR count). The van der Waals surface area contributed by atoms with Crippen LogP contribution in [-0.2, 0) is 11.3 Å². The molecule has 1 aromatic heterocycles. The fourth-order valence-corrected chi connectivity index (χ4v) is 2.26. The van der Waals surface area contributed by atoms with E-state index in [0.717, 1.165) is 18.4 Å². The van der Waals surface area contributed by atoms with Crippen molar-refractivity contribution in [1.82, 2.24) is 10.3 Å². The van der Waals surface area contributed by atoms with Crippen LogP contribution in [-0.4, -0.2) is 18.0 Å². The van der Waals surface area contributed by atoms with E-state index in [9.17, 15) is 4.79 Å². The molecule has 0 saturated heterocycles. The molecule has 1 aliphatic carbocycles. The Kier molecular flexibility index (Phi) is 3.96. The highest BCUT2D eigenvalue weighted by molar-refractivity contribution is 5.78. The number of nitrogens with zero attached hydrogens (tertiary/aromatic N) is 1. The Labute approximate surface area is 101 Å². The van der Waals surface area contributed by atoms with Crippen molar-refractivity contribution in [1.29, 1.82) is 0 Å². The minimum atomic E-state index is 0.161. The van der Waals surface area contributed by atoms with Crippen LogP contribution < -0.4 is 10.1 Å². The fourth-order valence-electron chi connectivity index (χ4n) is 2.26. The number of carbonyl (C=O) groups excluding carboxylic acids is 1. The summed E-state index contributed by atoms with van der Waals surface area (Å²) in [5, 5.41) is 2.96. The quantitative estimate of drug-likeness (QED) is 0.865.